The van der Waals surface area contributed by atoms with E-state index in [1.54, 1.807) is 6.92 Å². The average Bonchev–Trinajstić information content (AvgIpc) is 2.99. The zero-order valence-corrected chi connectivity index (χ0v) is 9.74. The van der Waals surface area contributed by atoms with Gasteiger partial charge in [0.25, 0.3) is 0 Å². The van der Waals surface area contributed by atoms with Crippen molar-refractivity contribution in [3.63, 3.8) is 0 Å². The maximum atomic E-state index is 11.1. The van der Waals surface area contributed by atoms with Crippen LogP contribution in [0, 0.1) is 5.41 Å². The lowest BCUT2D eigenvalue weighted by molar-refractivity contribution is -0.118. The van der Waals surface area contributed by atoms with Gasteiger partial charge in [0.05, 0.1) is 13.2 Å². The predicted octanol–water partition coefficient (Wildman–Crippen LogP) is 2.96. The van der Waals surface area contributed by atoms with Crippen molar-refractivity contribution < 1.29 is 9.53 Å². The van der Waals surface area contributed by atoms with E-state index in [0.29, 0.717) is 13.0 Å². The van der Waals surface area contributed by atoms with Gasteiger partial charge in [-0.3, -0.25) is 0 Å². The van der Waals surface area contributed by atoms with Crippen molar-refractivity contribution in [2.75, 3.05) is 6.61 Å². The fourth-order valence-electron chi connectivity index (χ4n) is 2.04. The van der Waals surface area contributed by atoms with Crippen LogP contribution in [0.2, 0.25) is 0 Å². The van der Waals surface area contributed by atoms with E-state index in [1.165, 1.54) is 5.56 Å². The first-order valence-electron chi connectivity index (χ1n) is 5.81. The molecule has 0 aromatic heterocycles. The molecule has 0 N–H and O–H groups in total. The second-order valence-electron chi connectivity index (χ2n) is 4.86. The van der Waals surface area contributed by atoms with E-state index in [2.05, 4.69) is 12.1 Å². The second kappa shape index (κ2) is 4.79. The van der Waals surface area contributed by atoms with Crippen LogP contribution >= 0.6 is 0 Å². The third kappa shape index (κ3) is 3.17. The van der Waals surface area contributed by atoms with E-state index in [9.17, 15) is 4.79 Å². The Labute approximate surface area is 96.6 Å². The van der Waals surface area contributed by atoms with Gasteiger partial charge in [-0.1, -0.05) is 30.3 Å². The quantitative estimate of drug-likeness (QED) is 0.733. The highest BCUT2D eigenvalue weighted by atomic mass is 16.5. The van der Waals surface area contributed by atoms with E-state index >= 15 is 0 Å². The zero-order valence-electron chi connectivity index (χ0n) is 9.74. The van der Waals surface area contributed by atoms with Gasteiger partial charge in [-0.05, 0) is 25.3 Å². The Hall–Kier alpha value is -1.15. The molecule has 0 aliphatic heterocycles. The Bertz CT molecular complexity index is 352. The first-order chi connectivity index (χ1) is 7.70. The maximum Gasteiger partial charge on any atom is 0.130 e. The van der Waals surface area contributed by atoms with Crippen molar-refractivity contribution in [3.05, 3.63) is 35.9 Å². The van der Waals surface area contributed by atoms with Crippen molar-refractivity contribution in [3.8, 4) is 0 Å². The molecule has 86 valence electrons. The lowest BCUT2D eigenvalue weighted by atomic mass is 10.0. The third-order valence-electron chi connectivity index (χ3n) is 3.10. The molecule has 2 heteroatoms. The summed E-state index contributed by atoms with van der Waals surface area (Å²) in [7, 11) is 0. The molecule has 2 nitrogen and oxygen atoms in total. The minimum Gasteiger partial charge on any atom is -0.376 e. The molecule has 2 rings (SSSR count). The number of carbonyl (C=O) groups excluding carboxylic acids is 1. The van der Waals surface area contributed by atoms with Crippen LogP contribution < -0.4 is 0 Å². The van der Waals surface area contributed by atoms with Gasteiger partial charge in [0, 0.05) is 11.8 Å². The van der Waals surface area contributed by atoms with Gasteiger partial charge in [-0.25, -0.2) is 0 Å². The minimum atomic E-state index is 0.181. The molecule has 0 amide bonds. The Morgan fingerprint density at radius 2 is 2.00 bits per heavy atom. The summed E-state index contributed by atoms with van der Waals surface area (Å²) in [5, 5.41) is 0. The summed E-state index contributed by atoms with van der Waals surface area (Å²) >= 11 is 0. The van der Waals surface area contributed by atoms with E-state index in [1.807, 2.05) is 18.2 Å². The third-order valence-corrected chi connectivity index (χ3v) is 3.10. The van der Waals surface area contributed by atoms with Crippen molar-refractivity contribution in [1.29, 1.82) is 0 Å². The average molecular weight is 218 g/mol. The fourth-order valence-corrected chi connectivity index (χ4v) is 2.04. The number of hydrogen-bond acceptors (Lipinski definition) is 2. The highest BCUT2D eigenvalue weighted by Crippen LogP contribution is 2.49. The van der Waals surface area contributed by atoms with E-state index in [0.717, 1.165) is 19.4 Å². The summed E-state index contributed by atoms with van der Waals surface area (Å²) in [6.45, 7) is 3.04. The molecule has 1 aromatic carbocycles. The number of benzene rings is 1. The monoisotopic (exact) mass is 218 g/mol. The fraction of sp³-hybridized carbons (Fsp3) is 0.500. The van der Waals surface area contributed by atoms with E-state index in [4.69, 9.17) is 4.74 Å². The van der Waals surface area contributed by atoms with E-state index < -0.39 is 0 Å². The number of hydrogen-bond donors (Lipinski definition) is 0. The molecule has 1 aliphatic rings. The summed E-state index contributed by atoms with van der Waals surface area (Å²) in [5.41, 5.74) is 1.38. The van der Waals surface area contributed by atoms with Gasteiger partial charge in [-0.15, -0.1) is 0 Å². The molecule has 1 saturated carbocycles. The second-order valence-corrected chi connectivity index (χ2v) is 4.86. The molecule has 0 atom stereocenters. The Morgan fingerprint density at radius 3 is 2.56 bits per heavy atom. The summed E-state index contributed by atoms with van der Waals surface area (Å²) in [5.74, 6) is 0.279. The number of rotatable bonds is 6. The van der Waals surface area contributed by atoms with Crippen LogP contribution in [0.5, 0.6) is 0 Å². The first-order valence-corrected chi connectivity index (χ1v) is 5.81. The zero-order chi connectivity index (χ0) is 11.4. The van der Waals surface area contributed by atoms with Crippen LogP contribution in [0.25, 0.3) is 0 Å². The number of carbonyl (C=O) groups is 1. The molecule has 0 saturated heterocycles. The predicted molar refractivity (Wildman–Crippen MR) is 63.1 cm³/mol. The maximum absolute atomic E-state index is 11.1. The van der Waals surface area contributed by atoms with Gasteiger partial charge >= 0.3 is 0 Å². The van der Waals surface area contributed by atoms with Gasteiger partial charge in [0.15, 0.2) is 0 Å². The molecule has 1 fully saturated rings. The van der Waals surface area contributed by atoms with Crippen LogP contribution in [0.3, 0.4) is 0 Å². The van der Waals surface area contributed by atoms with Gasteiger partial charge in [-0.2, -0.15) is 0 Å². The smallest absolute Gasteiger partial charge is 0.130 e. The summed E-state index contributed by atoms with van der Waals surface area (Å²) in [6, 6.07) is 10.2. The van der Waals surface area contributed by atoms with Gasteiger partial charge < -0.3 is 9.53 Å². The molecule has 0 unspecified atom stereocenters. The lowest BCUT2D eigenvalue weighted by Gasteiger charge is -2.13. The Balaban J connectivity index is 1.74. The van der Waals surface area contributed by atoms with E-state index in [-0.39, 0.29) is 11.2 Å². The normalized spacial score (nSPS) is 17.1. The van der Waals surface area contributed by atoms with Crippen LogP contribution in [0.4, 0.5) is 0 Å². The summed E-state index contributed by atoms with van der Waals surface area (Å²) < 4.78 is 5.70. The largest absolute Gasteiger partial charge is 0.376 e. The van der Waals surface area contributed by atoms with Crippen molar-refractivity contribution in [1.82, 2.24) is 0 Å². The first kappa shape index (κ1) is 11.3. The molecule has 1 aromatic rings. The van der Waals surface area contributed by atoms with Gasteiger partial charge in [0.1, 0.15) is 5.78 Å². The molecule has 0 bridgehead atoms. The standard InChI is InChI=1S/C14H18O2/c1-12(15)9-14(7-8-14)11-16-10-13-5-3-2-4-6-13/h2-6H,7-11H2,1H3. The number of Topliss-reactive ketones (excluding diaryl/α,β-unsaturated/α-hetero) is 1. The molecular weight excluding hydrogens is 200 g/mol. The van der Waals surface area contributed by atoms with Crippen molar-refractivity contribution >= 4 is 5.78 Å². The summed E-state index contributed by atoms with van der Waals surface area (Å²) in [4.78, 5) is 11.1. The van der Waals surface area contributed by atoms with Crippen LogP contribution in [-0.4, -0.2) is 12.4 Å². The lowest BCUT2D eigenvalue weighted by Crippen LogP contribution is -2.14. The topological polar surface area (TPSA) is 26.3 Å². The SMILES string of the molecule is CC(=O)CC1(COCc2ccccc2)CC1. The highest BCUT2D eigenvalue weighted by molar-refractivity contribution is 5.76. The number of ether oxygens (including phenoxy) is 1. The molecule has 1 aliphatic carbocycles. The van der Waals surface area contributed by atoms with Crippen molar-refractivity contribution in [2.45, 2.75) is 32.8 Å². The molecule has 0 heterocycles. The van der Waals surface area contributed by atoms with Crippen LogP contribution in [0.1, 0.15) is 31.7 Å². The van der Waals surface area contributed by atoms with Crippen LogP contribution in [-0.2, 0) is 16.1 Å². The molecule has 0 spiro atoms. The molecule has 16 heavy (non-hydrogen) atoms. The van der Waals surface area contributed by atoms with Crippen LogP contribution in [0.15, 0.2) is 30.3 Å². The minimum absolute atomic E-state index is 0.181. The Morgan fingerprint density at radius 1 is 1.31 bits per heavy atom. The van der Waals surface area contributed by atoms with Gasteiger partial charge in [0.2, 0.25) is 0 Å². The number of ketones is 1. The van der Waals surface area contributed by atoms with Crippen molar-refractivity contribution in [2.24, 2.45) is 5.41 Å². The summed E-state index contributed by atoms with van der Waals surface area (Å²) in [6.07, 6.45) is 2.96. The highest BCUT2D eigenvalue weighted by Gasteiger charge is 2.43. The molecular formula is C14H18O2. The molecule has 0 radical (unpaired) electrons. The Kier molecular flexibility index (Phi) is 3.39.